The van der Waals surface area contributed by atoms with Gasteiger partial charge in [0.1, 0.15) is 6.26 Å². The molecule has 0 aliphatic rings. The lowest BCUT2D eigenvalue weighted by Crippen LogP contribution is -2.19. The first-order valence-corrected chi connectivity index (χ1v) is 6.79. The molecule has 0 atom stereocenters. The van der Waals surface area contributed by atoms with E-state index < -0.39 is 0 Å². The summed E-state index contributed by atoms with van der Waals surface area (Å²) in [5.41, 5.74) is 4.29. The monoisotopic (exact) mass is 259 g/mol. The van der Waals surface area contributed by atoms with Crippen LogP contribution in [0.4, 0.5) is 0 Å². The van der Waals surface area contributed by atoms with Crippen molar-refractivity contribution in [3.63, 3.8) is 0 Å². The summed E-state index contributed by atoms with van der Waals surface area (Å²) in [5.74, 6) is 0.744. The quantitative estimate of drug-likeness (QED) is 0.810. The van der Waals surface area contributed by atoms with Gasteiger partial charge in [-0.2, -0.15) is 0 Å². The number of hydrogen-bond donors (Lipinski definition) is 1. The Balaban J connectivity index is 2.13. The van der Waals surface area contributed by atoms with E-state index in [9.17, 15) is 0 Å². The van der Waals surface area contributed by atoms with E-state index >= 15 is 0 Å². The molecule has 2 aromatic heterocycles. The van der Waals surface area contributed by atoms with E-state index in [2.05, 4.69) is 22.2 Å². The maximum Gasteiger partial charge on any atom is 0.162 e. The molecule has 0 aliphatic heterocycles. The number of rotatable bonds is 6. The fourth-order valence-electron chi connectivity index (χ4n) is 2.14. The number of aromatic nitrogens is 2. The Bertz CT molecular complexity index is 497. The summed E-state index contributed by atoms with van der Waals surface area (Å²) in [6, 6.07) is 1.89. The summed E-state index contributed by atoms with van der Waals surface area (Å²) in [6.07, 6.45) is 5.46. The molecule has 19 heavy (non-hydrogen) atoms. The Hall–Kier alpha value is -1.68. The molecule has 1 N–H and O–H groups in total. The molecule has 0 bridgehead atoms. The van der Waals surface area contributed by atoms with Gasteiger partial charge in [-0.1, -0.05) is 6.92 Å². The second kappa shape index (κ2) is 6.48. The number of nitrogens with one attached hydrogen (secondary N) is 1. The van der Waals surface area contributed by atoms with Gasteiger partial charge in [0.15, 0.2) is 5.82 Å². The van der Waals surface area contributed by atoms with Crippen LogP contribution >= 0.6 is 0 Å². The van der Waals surface area contributed by atoms with Crippen LogP contribution in [-0.4, -0.2) is 23.1 Å². The lowest BCUT2D eigenvalue weighted by molar-refractivity contribution is 0.568. The van der Waals surface area contributed by atoms with Crippen molar-refractivity contribution in [1.82, 2.24) is 15.3 Å². The molecule has 0 spiro atoms. The number of nitrogens with zero attached hydrogens (tertiary/aromatic N) is 2. The van der Waals surface area contributed by atoms with E-state index in [1.165, 1.54) is 5.56 Å². The van der Waals surface area contributed by atoms with Crippen LogP contribution < -0.4 is 5.32 Å². The molecule has 0 amide bonds. The zero-order valence-corrected chi connectivity index (χ0v) is 11.9. The van der Waals surface area contributed by atoms with Gasteiger partial charge in [0, 0.05) is 11.4 Å². The van der Waals surface area contributed by atoms with E-state index in [0.29, 0.717) is 0 Å². The maximum atomic E-state index is 5.08. The first-order valence-electron chi connectivity index (χ1n) is 6.79. The molecule has 4 nitrogen and oxygen atoms in total. The van der Waals surface area contributed by atoms with Gasteiger partial charge in [-0.25, -0.2) is 9.97 Å². The molecular weight excluding hydrogens is 238 g/mol. The van der Waals surface area contributed by atoms with E-state index in [-0.39, 0.29) is 0 Å². The van der Waals surface area contributed by atoms with Gasteiger partial charge in [-0.3, -0.25) is 0 Å². The highest BCUT2D eigenvalue weighted by Gasteiger charge is 2.10. The Kier molecular flexibility index (Phi) is 4.68. The molecule has 0 aliphatic carbocycles. The van der Waals surface area contributed by atoms with Crippen LogP contribution in [0.2, 0.25) is 0 Å². The Morgan fingerprint density at radius 2 is 1.89 bits per heavy atom. The van der Waals surface area contributed by atoms with E-state index in [1.807, 2.05) is 19.9 Å². The molecule has 0 saturated heterocycles. The summed E-state index contributed by atoms with van der Waals surface area (Å²) in [7, 11) is 0. The van der Waals surface area contributed by atoms with Crippen LogP contribution in [-0.2, 0) is 6.42 Å². The largest absolute Gasteiger partial charge is 0.472 e. The topological polar surface area (TPSA) is 51.0 Å². The third-order valence-electron chi connectivity index (χ3n) is 3.18. The van der Waals surface area contributed by atoms with Gasteiger partial charge >= 0.3 is 0 Å². The number of hydrogen-bond acceptors (Lipinski definition) is 4. The molecule has 0 aromatic carbocycles. The van der Waals surface area contributed by atoms with Crippen molar-refractivity contribution < 1.29 is 4.42 Å². The molecule has 0 unspecified atom stereocenters. The summed E-state index contributed by atoms with van der Waals surface area (Å²) in [4.78, 5) is 9.15. The van der Waals surface area contributed by atoms with Crippen molar-refractivity contribution in [2.24, 2.45) is 0 Å². The zero-order chi connectivity index (χ0) is 13.7. The molecule has 2 aromatic rings. The maximum absolute atomic E-state index is 5.08. The van der Waals surface area contributed by atoms with Gasteiger partial charge in [-0.15, -0.1) is 0 Å². The van der Waals surface area contributed by atoms with Gasteiger partial charge in [0.2, 0.25) is 0 Å². The van der Waals surface area contributed by atoms with Crippen LogP contribution in [0.25, 0.3) is 11.4 Å². The van der Waals surface area contributed by atoms with E-state index in [4.69, 9.17) is 4.42 Å². The average Bonchev–Trinajstić information content (AvgIpc) is 2.90. The highest BCUT2D eigenvalue weighted by molar-refractivity contribution is 5.53. The first kappa shape index (κ1) is 13.7. The molecule has 0 saturated carbocycles. The third kappa shape index (κ3) is 3.41. The predicted octanol–water partition coefficient (Wildman–Crippen LogP) is 2.90. The summed E-state index contributed by atoms with van der Waals surface area (Å²) in [5, 5.41) is 3.41. The van der Waals surface area contributed by atoms with E-state index in [1.54, 1.807) is 12.5 Å². The summed E-state index contributed by atoms with van der Waals surface area (Å²) in [6.45, 7) is 8.31. The highest BCUT2D eigenvalue weighted by Crippen LogP contribution is 2.19. The van der Waals surface area contributed by atoms with Crippen molar-refractivity contribution >= 4 is 0 Å². The lowest BCUT2D eigenvalue weighted by atomic mass is 10.1. The van der Waals surface area contributed by atoms with Crippen LogP contribution in [0, 0.1) is 13.8 Å². The fraction of sp³-hybridized carbons (Fsp3) is 0.467. The van der Waals surface area contributed by atoms with Gasteiger partial charge in [0.25, 0.3) is 0 Å². The molecule has 4 heteroatoms. The second-order valence-electron chi connectivity index (χ2n) is 4.71. The number of aryl methyl sites for hydroxylation is 2. The minimum atomic E-state index is 0.744. The molecule has 0 fully saturated rings. The van der Waals surface area contributed by atoms with Crippen molar-refractivity contribution in [1.29, 1.82) is 0 Å². The first-order chi connectivity index (χ1) is 9.22. The normalized spacial score (nSPS) is 10.9. The minimum absolute atomic E-state index is 0.744. The third-order valence-corrected chi connectivity index (χ3v) is 3.18. The Labute approximate surface area is 114 Å². The molecule has 2 rings (SSSR count). The smallest absolute Gasteiger partial charge is 0.162 e. The molecule has 0 radical (unpaired) electrons. The van der Waals surface area contributed by atoms with Crippen molar-refractivity contribution in [3.8, 4) is 11.4 Å². The lowest BCUT2D eigenvalue weighted by Gasteiger charge is -2.10. The predicted molar refractivity (Wildman–Crippen MR) is 76.1 cm³/mol. The Morgan fingerprint density at radius 1 is 1.16 bits per heavy atom. The van der Waals surface area contributed by atoms with Crippen molar-refractivity contribution in [3.05, 3.63) is 35.5 Å². The van der Waals surface area contributed by atoms with Crippen LogP contribution in [0.1, 0.15) is 30.3 Å². The zero-order valence-electron chi connectivity index (χ0n) is 11.9. The van der Waals surface area contributed by atoms with Crippen molar-refractivity contribution in [2.45, 2.75) is 33.6 Å². The highest BCUT2D eigenvalue weighted by atomic mass is 16.3. The van der Waals surface area contributed by atoms with Crippen LogP contribution in [0.15, 0.2) is 23.0 Å². The van der Waals surface area contributed by atoms with Gasteiger partial charge in [-0.05, 0) is 51.4 Å². The van der Waals surface area contributed by atoms with Gasteiger partial charge < -0.3 is 9.73 Å². The van der Waals surface area contributed by atoms with Gasteiger partial charge in [0.05, 0.1) is 11.8 Å². The molecule has 102 valence electrons. The SMILES string of the molecule is CCCNCCc1c(C)nc(-c2ccoc2)nc1C. The molecular formula is C15H21N3O. The Morgan fingerprint density at radius 3 is 2.47 bits per heavy atom. The standard InChI is InChI=1S/C15H21N3O/c1-4-7-16-8-5-14-11(2)17-15(18-12(14)3)13-6-9-19-10-13/h6,9-10,16H,4-5,7-8H2,1-3H3. The minimum Gasteiger partial charge on any atom is -0.472 e. The molecule has 2 heterocycles. The van der Waals surface area contributed by atoms with Crippen LogP contribution in [0.3, 0.4) is 0 Å². The summed E-state index contributed by atoms with van der Waals surface area (Å²) >= 11 is 0. The fourth-order valence-corrected chi connectivity index (χ4v) is 2.14. The summed E-state index contributed by atoms with van der Waals surface area (Å²) < 4.78 is 5.08. The van der Waals surface area contributed by atoms with Crippen molar-refractivity contribution in [2.75, 3.05) is 13.1 Å². The van der Waals surface area contributed by atoms with Crippen LogP contribution in [0.5, 0.6) is 0 Å². The van der Waals surface area contributed by atoms with E-state index in [0.717, 1.165) is 48.7 Å². The number of furan rings is 1. The average molecular weight is 259 g/mol. The second-order valence-corrected chi connectivity index (χ2v) is 4.71.